The molecular weight excluding hydrogens is 468 g/mol. The molecule has 0 spiro atoms. The molecule has 7 heteroatoms. The Morgan fingerprint density at radius 1 is 1.14 bits per heavy atom. The van der Waals surface area contributed by atoms with Crippen molar-refractivity contribution in [3.63, 3.8) is 0 Å². The first-order chi connectivity index (χ1) is 17.9. The van der Waals surface area contributed by atoms with Gasteiger partial charge in [0.15, 0.2) is 0 Å². The van der Waals surface area contributed by atoms with Gasteiger partial charge in [0.2, 0.25) is 0 Å². The predicted molar refractivity (Wildman–Crippen MR) is 144 cm³/mol. The first-order valence-electron chi connectivity index (χ1n) is 13.4. The minimum absolute atomic E-state index is 0.0634. The van der Waals surface area contributed by atoms with E-state index in [1.54, 1.807) is 11.0 Å². The zero-order chi connectivity index (χ0) is 26.5. The molecule has 2 aliphatic heterocycles. The molecule has 1 fully saturated rings. The molecular formula is C30H38N2O5. The van der Waals surface area contributed by atoms with Crippen molar-refractivity contribution in [3.8, 4) is 11.5 Å². The third-order valence-corrected chi connectivity index (χ3v) is 7.20. The number of carbonyl (C=O) groups is 2. The first kappa shape index (κ1) is 26.7. The maximum absolute atomic E-state index is 13.4. The molecule has 4 rings (SSSR count). The normalized spacial score (nSPS) is 20.4. The van der Waals surface area contributed by atoms with Gasteiger partial charge in [-0.05, 0) is 67.9 Å². The number of ether oxygens (including phenoxy) is 2. The van der Waals surface area contributed by atoms with Gasteiger partial charge in [0.05, 0.1) is 18.2 Å². The molecule has 2 heterocycles. The summed E-state index contributed by atoms with van der Waals surface area (Å²) in [6.07, 6.45) is 2.76. The van der Waals surface area contributed by atoms with Crippen LogP contribution in [0.25, 0.3) is 5.76 Å². The first-order valence-corrected chi connectivity index (χ1v) is 13.4. The maximum atomic E-state index is 13.4. The van der Waals surface area contributed by atoms with Crippen LogP contribution in [0.5, 0.6) is 11.5 Å². The summed E-state index contributed by atoms with van der Waals surface area (Å²) >= 11 is 0. The third-order valence-electron chi connectivity index (χ3n) is 7.20. The van der Waals surface area contributed by atoms with Crippen LogP contribution in [-0.4, -0.2) is 65.5 Å². The van der Waals surface area contributed by atoms with Gasteiger partial charge in [-0.15, -0.1) is 0 Å². The van der Waals surface area contributed by atoms with E-state index in [4.69, 9.17) is 9.47 Å². The molecule has 0 unspecified atom stereocenters. The molecule has 198 valence electrons. The Morgan fingerprint density at radius 3 is 2.65 bits per heavy atom. The van der Waals surface area contributed by atoms with Crippen LogP contribution in [0.2, 0.25) is 0 Å². The Labute approximate surface area is 219 Å². The molecule has 37 heavy (non-hydrogen) atoms. The number of hydrogen-bond acceptors (Lipinski definition) is 6. The summed E-state index contributed by atoms with van der Waals surface area (Å²) in [6, 6.07) is 12.2. The van der Waals surface area contributed by atoms with E-state index < -0.39 is 17.7 Å². The van der Waals surface area contributed by atoms with E-state index in [1.807, 2.05) is 43.3 Å². The predicted octanol–water partition coefficient (Wildman–Crippen LogP) is 4.95. The van der Waals surface area contributed by atoms with E-state index >= 15 is 0 Å². The highest BCUT2D eigenvalue weighted by molar-refractivity contribution is 6.46. The van der Waals surface area contributed by atoms with Gasteiger partial charge < -0.3 is 24.4 Å². The topological polar surface area (TPSA) is 79.3 Å². The van der Waals surface area contributed by atoms with E-state index in [9.17, 15) is 14.7 Å². The molecule has 0 radical (unpaired) electrons. The van der Waals surface area contributed by atoms with Crippen molar-refractivity contribution in [1.29, 1.82) is 0 Å². The highest BCUT2D eigenvalue weighted by atomic mass is 16.5. The molecule has 1 N–H and O–H groups in total. The van der Waals surface area contributed by atoms with E-state index in [1.165, 1.54) is 0 Å². The summed E-state index contributed by atoms with van der Waals surface area (Å²) in [4.78, 5) is 30.5. The summed E-state index contributed by atoms with van der Waals surface area (Å²) < 4.78 is 11.7. The second kappa shape index (κ2) is 11.8. The molecule has 0 bridgehead atoms. The quantitative estimate of drug-likeness (QED) is 0.201. The highest BCUT2D eigenvalue weighted by Crippen LogP contribution is 2.41. The number of hydrogen-bond donors (Lipinski definition) is 1. The molecule has 0 aliphatic carbocycles. The number of amides is 1. The monoisotopic (exact) mass is 506 g/mol. The second-order valence-corrected chi connectivity index (χ2v) is 9.75. The summed E-state index contributed by atoms with van der Waals surface area (Å²) in [5.41, 5.74) is 2.35. The number of unbranched alkanes of at least 4 members (excludes halogenated alkanes) is 1. The smallest absolute Gasteiger partial charge is 0.295 e. The number of likely N-dealkylation sites (tertiary alicyclic amines) is 1. The Balaban J connectivity index is 1.76. The van der Waals surface area contributed by atoms with Gasteiger partial charge in [0.25, 0.3) is 11.7 Å². The van der Waals surface area contributed by atoms with Gasteiger partial charge in [0.1, 0.15) is 23.4 Å². The summed E-state index contributed by atoms with van der Waals surface area (Å²) in [6.45, 7) is 11.6. The molecule has 2 aromatic rings. The van der Waals surface area contributed by atoms with Crippen molar-refractivity contribution in [2.75, 3.05) is 32.8 Å². The van der Waals surface area contributed by atoms with Gasteiger partial charge in [-0.3, -0.25) is 9.59 Å². The van der Waals surface area contributed by atoms with Gasteiger partial charge in [-0.25, -0.2) is 0 Å². The SMILES string of the molecule is CCCCOc1cccc([C@@H]2C(=C(O)c3ccc4c(c3)C[C@H](C)O4)C(=O)C(=O)N2CCN(CC)CC)c1. The highest BCUT2D eigenvalue weighted by Gasteiger charge is 2.46. The van der Waals surface area contributed by atoms with Crippen LogP contribution >= 0.6 is 0 Å². The lowest BCUT2D eigenvalue weighted by Crippen LogP contribution is -2.38. The van der Waals surface area contributed by atoms with Crippen LogP contribution in [0.15, 0.2) is 48.0 Å². The van der Waals surface area contributed by atoms with Crippen molar-refractivity contribution < 1.29 is 24.2 Å². The summed E-state index contributed by atoms with van der Waals surface area (Å²) in [5, 5.41) is 11.5. The minimum Gasteiger partial charge on any atom is -0.507 e. The average molecular weight is 507 g/mol. The van der Waals surface area contributed by atoms with Crippen LogP contribution in [0.1, 0.15) is 63.3 Å². The number of carbonyl (C=O) groups excluding carboxylic acids is 2. The molecule has 2 aliphatic rings. The van der Waals surface area contributed by atoms with E-state index in [-0.39, 0.29) is 17.4 Å². The van der Waals surface area contributed by atoms with Crippen molar-refractivity contribution in [2.45, 2.75) is 59.1 Å². The molecule has 2 atom stereocenters. The van der Waals surface area contributed by atoms with Crippen molar-refractivity contribution >= 4 is 17.4 Å². The zero-order valence-corrected chi connectivity index (χ0v) is 22.3. The van der Waals surface area contributed by atoms with E-state index in [0.29, 0.717) is 31.0 Å². The fourth-order valence-electron chi connectivity index (χ4n) is 5.08. The van der Waals surface area contributed by atoms with Crippen LogP contribution in [0.4, 0.5) is 0 Å². The fourth-order valence-corrected chi connectivity index (χ4v) is 5.08. The number of fused-ring (bicyclic) bond motifs is 1. The van der Waals surface area contributed by atoms with Crippen molar-refractivity contribution in [1.82, 2.24) is 9.80 Å². The van der Waals surface area contributed by atoms with Gasteiger partial charge in [-0.1, -0.05) is 39.3 Å². The number of aliphatic hydroxyl groups excluding tert-OH is 1. The maximum Gasteiger partial charge on any atom is 0.295 e. The molecule has 1 saturated heterocycles. The van der Waals surface area contributed by atoms with Crippen molar-refractivity contribution in [2.24, 2.45) is 0 Å². The van der Waals surface area contributed by atoms with Gasteiger partial charge >= 0.3 is 0 Å². The Bertz CT molecular complexity index is 1170. The lowest BCUT2D eigenvalue weighted by Gasteiger charge is -2.28. The largest absolute Gasteiger partial charge is 0.507 e. The Hall–Kier alpha value is -3.32. The van der Waals surface area contributed by atoms with Crippen LogP contribution < -0.4 is 9.47 Å². The Kier molecular flexibility index (Phi) is 8.54. The lowest BCUT2D eigenvalue weighted by atomic mass is 9.94. The fraction of sp³-hybridized carbons (Fsp3) is 0.467. The Morgan fingerprint density at radius 2 is 1.92 bits per heavy atom. The van der Waals surface area contributed by atoms with Crippen LogP contribution in [0, 0.1) is 0 Å². The van der Waals surface area contributed by atoms with Crippen molar-refractivity contribution in [3.05, 3.63) is 64.7 Å². The molecule has 1 amide bonds. The number of nitrogens with zero attached hydrogens (tertiary/aromatic N) is 2. The number of likely N-dealkylation sites (N-methyl/N-ethyl adjacent to an activating group) is 1. The lowest BCUT2D eigenvalue weighted by molar-refractivity contribution is -0.140. The molecule has 2 aromatic carbocycles. The van der Waals surface area contributed by atoms with Crippen LogP contribution in [-0.2, 0) is 16.0 Å². The minimum atomic E-state index is -0.700. The van der Waals surface area contributed by atoms with E-state index in [2.05, 4.69) is 25.7 Å². The molecule has 7 nitrogen and oxygen atoms in total. The second-order valence-electron chi connectivity index (χ2n) is 9.75. The van der Waals surface area contributed by atoms with E-state index in [0.717, 1.165) is 49.2 Å². The molecule has 0 aromatic heterocycles. The van der Waals surface area contributed by atoms with Gasteiger partial charge in [-0.2, -0.15) is 0 Å². The summed E-state index contributed by atoms with van der Waals surface area (Å²) in [5.74, 6) is 0.0630. The third kappa shape index (κ3) is 5.67. The number of ketones is 1. The van der Waals surface area contributed by atoms with Gasteiger partial charge in [0, 0.05) is 25.1 Å². The summed E-state index contributed by atoms with van der Waals surface area (Å²) in [7, 11) is 0. The zero-order valence-electron chi connectivity index (χ0n) is 22.3. The number of benzene rings is 2. The number of rotatable bonds is 11. The standard InChI is InChI=1S/C30H38N2O5/c1-5-8-16-36-24-11-9-10-21(19-24)27-26(29(34)30(35)32(27)15-14-31(6-2)7-3)28(33)22-12-13-25-23(18-22)17-20(4)37-25/h9-13,18-20,27,33H,5-8,14-17H2,1-4H3/t20-,27+/m0/s1. The number of Topliss-reactive ketones (excluding diaryl/α,β-unsaturated/α-hetero) is 1. The molecule has 0 saturated carbocycles. The number of aliphatic hydroxyl groups is 1. The van der Waals surface area contributed by atoms with Crippen LogP contribution in [0.3, 0.4) is 0 Å². The average Bonchev–Trinajstić information content (AvgIpc) is 3.40.